The summed E-state index contributed by atoms with van der Waals surface area (Å²) in [5.74, 6) is 0. The molecule has 4 nitrogen and oxygen atoms in total. The van der Waals surface area contributed by atoms with Crippen molar-refractivity contribution in [1.82, 2.24) is 14.8 Å². The number of pyridine rings is 1. The van der Waals surface area contributed by atoms with E-state index in [0.717, 1.165) is 50.4 Å². The van der Waals surface area contributed by atoms with E-state index in [-0.39, 0.29) is 5.56 Å². The maximum Gasteiger partial charge on any atom is 0.255 e. The van der Waals surface area contributed by atoms with Gasteiger partial charge in [-0.25, -0.2) is 0 Å². The molecular weight excluding hydrogens is 214 g/mol. The smallest absolute Gasteiger partial charge is 0.255 e. The predicted molar refractivity (Wildman–Crippen MR) is 69.3 cm³/mol. The topological polar surface area (TPSA) is 37.3 Å². The minimum absolute atomic E-state index is 0.172. The van der Waals surface area contributed by atoms with Gasteiger partial charge in [-0.2, -0.15) is 0 Å². The molecule has 1 aromatic rings. The quantitative estimate of drug-likeness (QED) is 0.833. The van der Waals surface area contributed by atoms with Crippen molar-refractivity contribution in [3.05, 3.63) is 33.7 Å². The summed E-state index contributed by atoms with van der Waals surface area (Å²) in [5, 5.41) is 3.33. The van der Waals surface area contributed by atoms with Gasteiger partial charge in [0.25, 0.3) is 5.56 Å². The molecule has 1 aliphatic heterocycles. The lowest BCUT2D eigenvalue weighted by Gasteiger charge is -2.27. The van der Waals surface area contributed by atoms with Gasteiger partial charge in [0.2, 0.25) is 0 Å². The first-order valence-electron chi connectivity index (χ1n) is 6.34. The van der Waals surface area contributed by atoms with Gasteiger partial charge in [-0.3, -0.25) is 9.69 Å². The SMILES string of the molecule is CCn1ccc(C)c(CN2CCNCC2)c1=O. The lowest BCUT2D eigenvalue weighted by atomic mass is 10.1. The highest BCUT2D eigenvalue weighted by Crippen LogP contribution is 2.07. The Morgan fingerprint density at radius 2 is 2.06 bits per heavy atom. The Balaban J connectivity index is 2.21. The maximum absolute atomic E-state index is 12.2. The minimum atomic E-state index is 0.172. The minimum Gasteiger partial charge on any atom is -0.316 e. The van der Waals surface area contributed by atoms with Crippen LogP contribution >= 0.6 is 0 Å². The molecule has 2 rings (SSSR count). The summed E-state index contributed by atoms with van der Waals surface area (Å²) >= 11 is 0. The van der Waals surface area contributed by atoms with Crippen LogP contribution in [0.2, 0.25) is 0 Å². The number of nitrogens with one attached hydrogen (secondary N) is 1. The molecule has 0 saturated carbocycles. The Labute approximate surface area is 102 Å². The van der Waals surface area contributed by atoms with Crippen molar-refractivity contribution in [3.8, 4) is 0 Å². The summed E-state index contributed by atoms with van der Waals surface area (Å²) in [6, 6.07) is 2.04. The van der Waals surface area contributed by atoms with E-state index in [1.54, 1.807) is 4.57 Å². The van der Waals surface area contributed by atoms with Crippen LogP contribution in [0, 0.1) is 6.92 Å². The van der Waals surface area contributed by atoms with Crippen LogP contribution in [-0.2, 0) is 13.1 Å². The average Bonchev–Trinajstić information content (AvgIpc) is 2.36. The normalized spacial score (nSPS) is 17.3. The summed E-state index contributed by atoms with van der Waals surface area (Å²) in [6.07, 6.45) is 1.89. The van der Waals surface area contributed by atoms with Crippen LogP contribution in [0.4, 0.5) is 0 Å². The molecule has 0 aromatic carbocycles. The van der Waals surface area contributed by atoms with Gasteiger partial charge in [-0.15, -0.1) is 0 Å². The summed E-state index contributed by atoms with van der Waals surface area (Å²) in [7, 11) is 0. The third kappa shape index (κ3) is 2.76. The first kappa shape index (κ1) is 12.3. The number of aromatic nitrogens is 1. The Bertz CT molecular complexity index is 433. The molecule has 0 spiro atoms. The number of nitrogens with zero attached hydrogens (tertiary/aromatic N) is 2. The molecule has 94 valence electrons. The van der Waals surface area contributed by atoms with E-state index in [4.69, 9.17) is 0 Å². The molecule has 0 unspecified atom stereocenters. The molecule has 1 N–H and O–H groups in total. The van der Waals surface area contributed by atoms with Crippen molar-refractivity contribution in [1.29, 1.82) is 0 Å². The van der Waals surface area contributed by atoms with E-state index in [1.165, 1.54) is 0 Å². The van der Waals surface area contributed by atoms with Gasteiger partial charge in [0, 0.05) is 51.0 Å². The molecule has 1 aliphatic rings. The average molecular weight is 235 g/mol. The van der Waals surface area contributed by atoms with Crippen LogP contribution < -0.4 is 10.9 Å². The van der Waals surface area contributed by atoms with E-state index in [1.807, 2.05) is 26.1 Å². The molecule has 4 heteroatoms. The first-order chi connectivity index (χ1) is 8.22. The molecule has 17 heavy (non-hydrogen) atoms. The third-order valence-corrected chi connectivity index (χ3v) is 3.43. The second-order valence-electron chi connectivity index (χ2n) is 4.59. The standard InChI is InChI=1S/C13H21N3O/c1-3-16-7-4-11(2)12(13(16)17)10-15-8-5-14-6-9-15/h4,7,14H,3,5-6,8-10H2,1-2H3. The van der Waals surface area contributed by atoms with Crippen LogP contribution in [0.15, 0.2) is 17.1 Å². The van der Waals surface area contributed by atoms with Gasteiger partial charge in [0.05, 0.1) is 0 Å². The van der Waals surface area contributed by atoms with Crippen molar-refractivity contribution in [2.75, 3.05) is 26.2 Å². The number of hydrogen-bond donors (Lipinski definition) is 1. The Morgan fingerprint density at radius 3 is 2.71 bits per heavy atom. The zero-order chi connectivity index (χ0) is 12.3. The molecule has 1 saturated heterocycles. The summed E-state index contributed by atoms with van der Waals surface area (Å²) in [4.78, 5) is 14.6. The number of piperazine rings is 1. The summed E-state index contributed by atoms with van der Waals surface area (Å²) in [6.45, 7) is 9.66. The van der Waals surface area contributed by atoms with Gasteiger partial charge < -0.3 is 9.88 Å². The van der Waals surface area contributed by atoms with E-state index in [0.29, 0.717) is 0 Å². The van der Waals surface area contributed by atoms with Gasteiger partial charge in [0.15, 0.2) is 0 Å². The van der Waals surface area contributed by atoms with Gasteiger partial charge in [0.1, 0.15) is 0 Å². The van der Waals surface area contributed by atoms with E-state index >= 15 is 0 Å². The van der Waals surface area contributed by atoms with E-state index in [2.05, 4.69) is 10.2 Å². The van der Waals surface area contributed by atoms with Crippen LogP contribution in [0.5, 0.6) is 0 Å². The lowest BCUT2D eigenvalue weighted by Crippen LogP contribution is -2.44. The molecule has 1 fully saturated rings. The van der Waals surface area contributed by atoms with Crippen LogP contribution in [-0.4, -0.2) is 35.6 Å². The lowest BCUT2D eigenvalue weighted by molar-refractivity contribution is 0.231. The fourth-order valence-corrected chi connectivity index (χ4v) is 2.25. The third-order valence-electron chi connectivity index (χ3n) is 3.43. The number of rotatable bonds is 3. The molecule has 0 atom stereocenters. The fourth-order valence-electron chi connectivity index (χ4n) is 2.25. The summed E-state index contributed by atoms with van der Waals surface area (Å²) < 4.78 is 1.78. The summed E-state index contributed by atoms with van der Waals surface area (Å²) in [5.41, 5.74) is 2.24. The second kappa shape index (κ2) is 5.47. The number of aryl methyl sites for hydroxylation is 2. The highest BCUT2D eigenvalue weighted by atomic mass is 16.1. The molecule has 0 radical (unpaired) electrons. The maximum atomic E-state index is 12.2. The highest BCUT2D eigenvalue weighted by Gasteiger charge is 2.14. The van der Waals surface area contributed by atoms with Crippen molar-refractivity contribution < 1.29 is 0 Å². The first-order valence-corrected chi connectivity index (χ1v) is 6.34. The fraction of sp³-hybridized carbons (Fsp3) is 0.615. The van der Waals surface area contributed by atoms with Crippen LogP contribution in [0.25, 0.3) is 0 Å². The molecule has 0 bridgehead atoms. The van der Waals surface area contributed by atoms with Crippen molar-refractivity contribution in [2.45, 2.75) is 26.9 Å². The predicted octanol–water partition coefficient (Wildman–Crippen LogP) is 0.582. The van der Waals surface area contributed by atoms with Crippen molar-refractivity contribution in [3.63, 3.8) is 0 Å². The van der Waals surface area contributed by atoms with Gasteiger partial charge in [-0.05, 0) is 25.5 Å². The van der Waals surface area contributed by atoms with Crippen LogP contribution in [0.1, 0.15) is 18.1 Å². The monoisotopic (exact) mass is 235 g/mol. The highest BCUT2D eigenvalue weighted by molar-refractivity contribution is 5.22. The molecular formula is C13H21N3O. The second-order valence-corrected chi connectivity index (χ2v) is 4.59. The Hall–Kier alpha value is -1.13. The molecule has 1 aromatic heterocycles. The molecule has 0 amide bonds. The molecule has 2 heterocycles. The van der Waals surface area contributed by atoms with Crippen molar-refractivity contribution >= 4 is 0 Å². The zero-order valence-corrected chi connectivity index (χ0v) is 10.7. The zero-order valence-electron chi connectivity index (χ0n) is 10.7. The van der Waals surface area contributed by atoms with E-state index in [9.17, 15) is 4.79 Å². The Kier molecular flexibility index (Phi) is 3.97. The van der Waals surface area contributed by atoms with Gasteiger partial charge in [-0.1, -0.05) is 0 Å². The van der Waals surface area contributed by atoms with E-state index < -0.39 is 0 Å². The van der Waals surface area contributed by atoms with Crippen molar-refractivity contribution in [2.24, 2.45) is 0 Å². The Morgan fingerprint density at radius 1 is 1.35 bits per heavy atom. The number of hydrogen-bond acceptors (Lipinski definition) is 3. The van der Waals surface area contributed by atoms with Crippen LogP contribution in [0.3, 0.4) is 0 Å². The van der Waals surface area contributed by atoms with Gasteiger partial charge >= 0.3 is 0 Å². The molecule has 0 aliphatic carbocycles. The largest absolute Gasteiger partial charge is 0.316 e.